The maximum atomic E-state index is 10.1. The van der Waals surface area contributed by atoms with Crippen molar-refractivity contribution in [2.24, 2.45) is 0 Å². The Morgan fingerprint density at radius 3 is 2.08 bits per heavy atom. The highest BCUT2D eigenvalue weighted by atomic mass is 32.2. The summed E-state index contributed by atoms with van der Waals surface area (Å²) in [4.78, 5) is 0. The van der Waals surface area contributed by atoms with E-state index in [-0.39, 0.29) is 6.54 Å². The molecule has 0 unspecified atom stereocenters. The van der Waals surface area contributed by atoms with Gasteiger partial charge in [-0.2, -0.15) is 8.42 Å². The zero-order valence-electron chi connectivity index (χ0n) is 6.13. The summed E-state index contributed by atoms with van der Waals surface area (Å²) in [5.74, 6) is -3.41. The molecular formula is C4H11NO6S. The molecule has 0 rings (SSSR count). The summed E-state index contributed by atoms with van der Waals surface area (Å²) in [6.45, 7) is -0.773. The number of nitrogens with one attached hydrogen (secondary N) is 1. The Kier molecular flexibility index (Phi) is 4.03. The minimum Gasteiger partial charge on any atom is -0.343 e. The molecule has 5 N–H and O–H groups in total. The molecule has 0 saturated carbocycles. The molecule has 12 heavy (non-hydrogen) atoms. The van der Waals surface area contributed by atoms with Crippen molar-refractivity contribution < 1.29 is 28.3 Å². The van der Waals surface area contributed by atoms with E-state index in [1.54, 1.807) is 0 Å². The normalized spacial score (nSPS) is 13.3. The summed E-state index contributed by atoms with van der Waals surface area (Å²) in [7, 11) is -4.05. The minimum absolute atomic E-state index is 0.178. The Hall–Kier alpha value is -0.250. The molecule has 0 aromatic heterocycles. The molecular weight excluding hydrogens is 190 g/mol. The van der Waals surface area contributed by atoms with Crippen LogP contribution in [0.4, 0.5) is 0 Å². The quantitative estimate of drug-likeness (QED) is 0.183. The van der Waals surface area contributed by atoms with Gasteiger partial charge in [-0.05, 0) is 0 Å². The molecule has 0 amide bonds. The lowest BCUT2D eigenvalue weighted by Gasteiger charge is -2.13. The van der Waals surface area contributed by atoms with Crippen molar-refractivity contribution in [2.45, 2.75) is 5.97 Å². The first-order valence-corrected chi connectivity index (χ1v) is 4.65. The van der Waals surface area contributed by atoms with Crippen LogP contribution in [0.3, 0.4) is 0 Å². The number of hydrogen-bond acceptors (Lipinski definition) is 6. The Morgan fingerprint density at radius 1 is 1.25 bits per heavy atom. The Labute approximate surface area is 69.4 Å². The van der Waals surface area contributed by atoms with Crippen LogP contribution >= 0.6 is 0 Å². The van der Waals surface area contributed by atoms with Crippen molar-refractivity contribution in [3.8, 4) is 0 Å². The molecule has 0 aliphatic rings. The van der Waals surface area contributed by atoms with Crippen LogP contribution < -0.4 is 5.32 Å². The van der Waals surface area contributed by atoms with Crippen LogP contribution in [0, 0.1) is 0 Å². The average Bonchev–Trinajstić information content (AvgIpc) is 1.76. The lowest BCUT2D eigenvalue weighted by Crippen LogP contribution is -2.41. The fourth-order valence-corrected chi connectivity index (χ4v) is 0.860. The van der Waals surface area contributed by atoms with E-state index < -0.39 is 28.4 Å². The van der Waals surface area contributed by atoms with E-state index in [1.165, 1.54) is 0 Å². The highest BCUT2D eigenvalue weighted by Crippen LogP contribution is 1.87. The SMILES string of the molecule is O=S(=O)(O)CCNCC(O)(O)O. The van der Waals surface area contributed by atoms with Gasteiger partial charge in [0, 0.05) is 6.54 Å². The van der Waals surface area contributed by atoms with Crippen LogP contribution in [0.15, 0.2) is 0 Å². The van der Waals surface area contributed by atoms with Gasteiger partial charge in [-0.15, -0.1) is 0 Å². The summed E-state index contributed by atoms with van der Waals surface area (Å²) in [6.07, 6.45) is 0. The van der Waals surface area contributed by atoms with Crippen LogP contribution in [0.1, 0.15) is 0 Å². The number of hydrogen-bond donors (Lipinski definition) is 5. The Bertz CT molecular complexity index is 216. The van der Waals surface area contributed by atoms with Crippen molar-refractivity contribution in [3.63, 3.8) is 0 Å². The third kappa shape index (κ3) is 9.75. The van der Waals surface area contributed by atoms with Crippen LogP contribution in [-0.4, -0.2) is 53.1 Å². The van der Waals surface area contributed by atoms with Gasteiger partial charge in [0.1, 0.15) is 0 Å². The van der Waals surface area contributed by atoms with E-state index in [9.17, 15) is 8.42 Å². The van der Waals surface area contributed by atoms with Gasteiger partial charge in [0.05, 0.1) is 12.3 Å². The van der Waals surface area contributed by atoms with Crippen LogP contribution in [0.25, 0.3) is 0 Å². The Morgan fingerprint density at radius 2 is 1.75 bits per heavy atom. The van der Waals surface area contributed by atoms with E-state index in [0.717, 1.165) is 0 Å². The summed E-state index contributed by atoms with van der Waals surface area (Å²) >= 11 is 0. The van der Waals surface area contributed by atoms with Crippen LogP contribution in [0.2, 0.25) is 0 Å². The zero-order chi connectivity index (χ0) is 9.83. The predicted molar refractivity (Wildman–Crippen MR) is 38.7 cm³/mol. The summed E-state index contributed by atoms with van der Waals surface area (Å²) < 4.78 is 28.4. The second-order valence-corrected chi connectivity index (χ2v) is 3.81. The maximum Gasteiger partial charge on any atom is 0.288 e. The smallest absolute Gasteiger partial charge is 0.288 e. The van der Waals surface area contributed by atoms with Crippen molar-refractivity contribution in [1.82, 2.24) is 5.32 Å². The molecule has 0 atom stereocenters. The van der Waals surface area contributed by atoms with Gasteiger partial charge < -0.3 is 20.6 Å². The highest BCUT2D eigenvalue weighted by Gasteiger charge is 2.17. The fraction of sp³-hybridized carbons (Fsp3) is 1.00. The molecule has 0 spiro atoms. The molecule has 0 saturated heterocycles. The molecule has 0 radical (unpaired) electrons. The zero-order valence-corrected chi connectivity index (χ0v) is 6.95. The van der Waals surface area contributed by atoms with Gasteiger partial charge in [-0.1, -0.05) is 0 Å². The van der Waals surface area contributed by atoms with Gasteiger partial charge in [-0.25, -0.2) is 0 Å². The second-order valence-electron chi connectivity index (χ2n) is 2.24. The molecule has 0 aliphatic heterocycles. The van der Waals surface area contributed by atoms with Gasteiger partial charge in [0.2, 0.25) is 0 Å². The topological polar surface area (TPSA) is 127 Å². The predicted octanol–water partition coefficient (Wildman–Crippen LogP) is -2.91. The first kappa shape index (κ1) is 11.8. The van der Waals surface area contributed by atoms with Crippen LogP contribution in [0.5, 0.6) is 0 Å². The first-order valence-electron chi connectivity index (χ1n) is 3.04. The standard InChI is InChI=1S/C4H11NO6S/c6-4(7,8)3-5-1-2-12(9,10)11/h5-8H,1-3H2,(H,9,10,11). The first-order chi connectivity index (χ1) is 5.21. The highest BCUT2D eigenvalue weighted by molar-refractivity contribution is 7.85. The van der Waals surface area contributed by atoms with Crippen molar-refractivity contribution >= 4 is 10.1 Å². The number of aliphatic hydroxyl groups is 3. The van der Waals surface area contributed by atoms with Crippen molar-refractivity contribution in [3.05, 3.63) is 0 Å². The third-order valence-corrected chi connectivity index (χ3v) is 1.62. The monoisotopic (exact) mass is 201 g/mol. The summed E-state index contributed by atoms with van der Waals surface area (Å²) in [6, 6.07) is 0. The van der Waals surface area contributed by atoms with Crippen molar-refractivity contribution in [2.75, 3.05) is 18.8 Å². The molecule has 0 bridgehead atoms. The molecule has 7 nitrogen and oxygen atoms in total. The average molecular weight is 201 g/mol. The van der Waals surface area contributed by atoms with Crippen molar-refractivity contribution in [1.29, 1.82) is 0 Å². The molecule has 8 heteroatoms. The van der Waals surface area contributed by atoms with Gasteiger partial charge in [0.25, 0.3) is 16.1 Å². The molecule has 0 aromatic rings. The minimum atomic E-state index is -4.05. The van der Waals surface area contributed by atoms with Gasteiger partial charge in [0.15, 0.2) is 0 Å². The lowest BCUT2D eigenvalue weighted by molar-refractivity contribution is -0.306. The van der Waals surface area contributed by atoms with E-state index >= 15 is 0 Å². The summed E-state index contributed by atoms with van der Waals surface area (Å²) in [5.41, 5.74) is 0. The molecule has 0 aliphatic carbocycles. The van der Waals surface area contributed by atoms with Crippen LogP contribution in [-0.2, 0) is 10.1 Å². The summed E-state index contributed by atoms with van der Waals surface area (Å²) in [5, 5.41) is 27.0. The third-order valence-electron chi connectivity index (χ3n) is 0.899. The second kappa shape index (κ2) is 4.12. The maximum absolute atomic E-state index is 10.1. The van der Waals surface area contributed by atoms with E-state index in [4.69, 9.17) is 19.9 Å². The molecule has 0 heterocycles. The van der Waals surface area contributed by atoms with Gasteiger partial charge >= 0.3 is 0 Å². The molecule has 0 aromatic carbocycles. The number of rotatable bonds is 5. The van der Waals surface area contributed by atoms with E-state index in [2.05, 4.69) is 5.32 Å². The lowest BCUT2D eigenvalue weighted by atomic mass is 10.5. The van der Waals surface area contributed by atoms with E-state index in [0.29, 0.717) is 0 Å². The molecule has 0 fully saturated rings. The van der Waals surface area contributed by atoms with Gasteiger partial charge in [-0.3, -0.25) is 4.55 Å². The Balaban J connectivity index is 3.48. The molecule has 74 valence electrons. The largest absolute Gasteiger partial charge is 0.343 e. The van der Waals surface area contributed by atoms with E-state index in [1.807, 2.05) is 0 Å². The fourth-order valence-electron chi connectivity index (χ4n) is 0.457.